The van der Waals surface area contributed by atoms with Gasteiger partial charge in [0.2, 0.25) is 0 Å². The van der Waals surface area contributed by atoms with Crippen molar-refractivity contribution in [2.75, 3.05) is 0 Å². The van der Waals surface area contributed by atoms with Crippen molar-refractivity contribution in [3.8, 4) is 78.9 Å². The molecule has 0 radical (unpaired) electrons. The first kappa shape index (κ1) is 36.3. The second kappa shape index (κ2) is 14.9. The first-order chi connectivity index (χ1) is 27.0. The van der Waals surface area contributed by atoms with Crippen molar-refractivity contribution in [3.63, 3.8) is 0 Å². The zero-order valence-corrected chi connectivity index (χ0v) is 32.7. The molecule has 0 bridgehead atoms. The molecule has 6 nitrogen and oxygen atoms in total. The molecule has 274 valence electrons. The maximum atomic E-state index is 5.08. The van der Waals surface area contributed by atoms with E-state index in [2.05, 4.69) is 107 Å². The Morgan fingerprint density at radius 1 is 0.321 bits per heavy atom. The highest BCUT2D eigenvalue weighted by Gasteiger charge is 2.22. The lowest BCUT2D eigenvalue weighted by atomic mass is 9.79. The van der Waals surface area contributed by atoms with Crippen molar-refractivity contribution < 1.29 is 0 Å². The molecule has 5 aromatic carbocycles. The minimum absolute atomic E-state index is 0.00513. The van der Waals surface area contributed by atoms with Gasteiger partial charge in [0, 0.05) is 58.2 Å². The fraction of sp³-hybridized carbons (Fsp3) is 0.160. The number of nitrogens with zero attached hydrogens (tertiary/aromatic N) is 6. The Balaban J connectivity index is 1.31. The van der Waals surface area contributed by atoms with E-state index >= 15 is 0 Å². The summed E-state index contributed by atoms with van der Waals surface area (Å²) in [4.78, 5) is 29.1. The van der Waals surface area contributed by atoms with Crippen LogP contribution in [0.1, 0.15) is 52.7 Å². The average molecular weight is 729 g/mol. The van der Waals surface area contributed by atoms with Crippen LogP contribution in [-0.4, -0.2) is 29.9 Å². The molecule has 3 aromatic heterocycles. The van der Waals surface area contributed by atoms with Crippen LogP contribution in [0.5, 0.6) is 0 Å². The van der Waals surface area contributed by atoms with Crippen LogP contribution in [0.25, 0.3) is 78.9 Å². The second-order valence-electron chi connectivity index (χ2n) is 16.3. The molecule has 6 heteroatoms. The molecule has 0 spiro atoms. The SMILES string of the molecule is CC(C)(C)c1cc(-c2cccc(-c3cc(-c4ncc(-c5cccnc5)cn4)cc(-c4nc(-c5ccccc5)nc(-c5ccccc5)n4)c3)c2)cc(C(C)(C)C)c1. The third-order valence-corrected chi connectivity index (χ3v) is 9.99. The highest BCUT2D eigenvalue weighted by Crippen LogP contribution is 2.37. The number of rotatable bonds is 7. The molecule has 0 saturated carbocycles. The van der Waals surface area contributed by atoms with Gasteiger partial charge >= 0.3 is 0 Å². The predicted molar refractivity (Wildman–Crippen MR) is 229 cm³/mol. The van der Waals surface area contributed by atoms with E-state index in [-0.39, 0.29) is 10.8 Å². The summed E-state index contributed by atoms with van der Waals surface area (Å²) in [6.45, 7) is 13.7. The van der Waals surface area contributed by atoms with Crippen LogP contribution in [0.15, 0.2) is 158 Å². The summed E-state index contributed by atoms with van der Waals surface area (Å²) >= 11 is 0. The molecule has 0 fully saturated rings. The van der Waals surface area contributed by atoms with Gasteiger partial charge in [0.05, 0.1) is 0 Å². The Morgan fingerprint density at radius 2 is 0.750 bits per heavy atom. The summed E-state index contributed by atoms with van der Waals surface area (Å²) in [5.41, 5.74) is 12.5. The van der Waals surface area contributed by atoms with Crippen LogP contribution < -0.4 is 0 Å². The van der Waals surface area contributed by atoms with E-state index in [1.165, 1.54) is 16.7 Å². The van der Waals surface area contributed by atoms with E-state index in [1.54, 1.807) is 6.20 Å². The maximum Gasteiger partial charge on any atom is 0.164 e. The van der Waals surface area contributed by atoms with Gasteiger partial charge in [-0.1, -0.05) is 145 Å². The molecule has 0 N–H and O–H groups in total. The molecular formula is C50H44N6. The Kier molecular flexibility index (Phi) is 9.65. The number of aromatic nitrogens is 6. The standard InChI is InChI=1S/C50H44N6/c1-49(2,3)43-27-39(28-44(29-43)50(4,5)6)36-20-13-19-35(23-36)38-24-40(45-52-31-42(32-53-45)37-21-14-22-51-30-37)26-41(25-38)48-55-46(33-15-9-7-10-16-33)54-47(56-48)34-17-11-8-12-18-34/h7-32H,1-6H3. The third-order valence-electron chi connectivity index (χ3n) is 9.99. The topological polar surface area (TPSA) is 77.3 Å². The average Bonchev–Trinajstić information content (AvgIpc) is 3.23. The second-order valence-corrected chi connectivity index (χ2v) is 16.3. The van der Waals surface area contributed by atoms with E-state index < -0.39 is 0 Å². The number of hydrogen-bond acceptors (Lipinski definition) is 6. The van der Waals surface area contributed by atoms with E-state index in [0.29, 0.717) is 23.3 Å². The van der Waals surface area contributed by atoms with Crippen molar-refractivity contribution in [2.24, 2.45) is 0 Å². The maximum absolute atomic E-state index is 5.08. The molecule has 8 aromatic rings. The molecule has 0 amide bonds. The summed E-state index contributed by atoms with van der Waals surface area (Å²) < 4.78 is 0. The minimum atomic E-state index is 0.00513. The van der Waals surface area contributed by atoms with Gasteiger partial charge in [-0.2, -0.15) is 0 Å². The van der Waals surface area contributed by atoms with Crippen molar-refractivity contribution in [2.45, 2.75) is 52.4 Å². The smallest absolute Gasteiger partial charge is 0.164 e. The fourth-order valence-corrected chi connectivity index (χ4v) is 6.69. The molecule has 0 aliphatic carbocycles. The molecule has 0 unspecified atom stereocenters. The molecule has 3 heterocycles. The largest absolute Gasteiger partial charge is 0.264 e. The lowest BCUT2D eigenvalue weighted by Crippen LogP contribution is -2.16. The number of pyridine rings is 1. The van der Waals surface area contributed by atoms with Crippen LogP contribution >= 0.6 is 0 Å². The van der Waals surface area contributed by atoms with Crippen molar-refractivity contribution in [1.29, 1.82) is 0 Å². The Labute approximate surface area is 329 Å². The van der Waals surface area contributed by atoms with Crippen molar-refractivity contribution in [1.82, 2.24) is 29.9 Å². The fourth-order valence-electron chi connectivity index (χ4n) is 6.69. The quantitative estimate of drug-likeness (QED) is 0.163. The molecule has 56 heavy (non-hydrogen) atoms. The van der Waals surface area contributed by atoms with Gasteiger partial charge in [-0.05, 0) is 74.5 Å². The lowest BCUT2D eigenvalue weighted by Gasteiger charge is -2.26. The van der Waals surface area contributed by atoms with Gasteiger partial charge in [-0.15, -0.1) is 0 Å². The normalized spacial score (nSPS) is 11.8. The molecule has 8 rings (SSSR count). The summed E-state index contributed by atoms with van der Waals surface area (Å²) in [5.74, 6) is 2.38. The third kappa shape index (κ3) is 7.91. The van der Waals surface area contributed by atoms with E-state index in [4.69, 9.17) is 24.9 Å². The molecular weight excluding hydrogens is 685 g/mol. The van der Waals surface area contributed by atoms with Crippen LogP contribution in [0.3, 0.4) is 0 Å². The molecule has 0 aliphatic rings. The first-order valence-corrected chi connectivity index (χ1v) is 19.0. The Hall–Kier alpha value is -6.66. The van der Waals surface area contributed by atoms with Crippen LogP contribution in [0, 0.1) is 0 Å². The van der Waals surface area contributed by atoms with Gasteiger partial charge in [0.15, 0.2) is 23.3 Å². The van der Waals surface area contributed by atoms with Gasteiger partial charge < -0.3 is 0 Å². The van der Waals surface area contributed by atoms with Gasteiger partial charge in [-0.3, -0.25) is 4.98 Å². The number of hydrogen-bond donors (Lipinski definition) is 0. The highest BCUT2D eigenvalue weighted by atomic mass is 15.0. The minimum Gasteiger partial charge on any atom is -0.264 e. The van der Waals surface area contributed by atoms with E-state index in [1.807, 2.05) is 91.4 Å². The number of benzene rings is 5. The molecule has 0 aliphatic heterocycles. The zero-order chi connectivity index (χ0) is 38.9. The summed E-state index contributed by atoms with van der Waals surface area (Å²) in [7, 11) is 0. The summed E-state index contributed by atoms with van der Waals surface area (Å²) in [6.07, 6.45) is 7.29. The zero-order valence-electron chi connectivity index (χ0n) is 32.7. The lowest BCUT2D eigenvalue weighted by molar-refractivity contribution is 0.569. The van der Waals surface area contributed by atoms with E-state index in [9.17, 15) is 0 Å². The highest BCUT2D eigenvalue weighted by molar-refractivity contribution is 5.81. The van der Waals surface area contributed by atoms with Crippen LogP contribution in [-0.2, 0) is 10.8 Å². The van der Waals surface area contributed by atoms with E-state index in [0.717, 1.165) is 50.1 Å². The molecule has 0 saturated heterocycles. The van der Waals surface area contributed by atoms with Crippen molar-refractivity contribution >= 4 is 0 Å². The summed E-state index contributed by atoms with van der Waals surface area (Å²) in [5, 5.41) is 0. The first-order valence-electron chi connectivity index (χ1n) is 19.0. The monoisotopic (exact) mass is 728 g/mol. The van der Waals surface area contributed by atoms with Gasteiger partial charge in [-0.25, -0.2) is 24.9 Å². The van der Waals surface area contributed by atoms with Gasteiger partial charge in [0.1, 0.15) is 0 Å². The summed E-state index contributed by atoms with van der Waals surface area (Å²) in [6, 6.07) is 46.3. The van der Waals surface area contributed by atoms with Crippen LogP contribution in [0.4, 0.5) is 0 Å². The Bertz CT molecular complexity index is 2530. The Morgan fingerprint density at radius 3 is 1.25 bits per heavy atom. The van der Waals surface area contributed by atoms with Gasteiger partial charge in [0.25, 0.3) is 0 Å². The predicted octanol–water partition coefficient (Wildman–Crippen LogP) is 12.3. The van der Waals surface area contributed by atoms with Crippen LogP contribution in [0.2, 0.25) is 0 Å². The van der Waals surface area contributed by atoms with Crippen molar-refractivity contribution in [3.05, 3.63) is 169 Å². The molecule has 0 atom stereocenters.